The minimum absolute atomic E-state index is 0.764. The van der Waals surface area contributed by atoms with Gasteiger partial charge in [0.1, 0.15) is 11.4 Å². The van der Waals surface area contributed by atoms with Gasteiger partial charge in [-0.1, -0.05) is 17.7 Å². The molecule has 4 heteroatoms. The molecule has 1 N–H and O–H groups in total. The van der Waals surface area contributed by atoms with Crippen LogP contribution in [-0.4, -0.2) is 18.9 Å². The maximum absolute atomic E-state index is 6.32. The van der Waals surface area contributed by atoms with Crippen molar-refractivity contribution in [3.63, 3.8) is 0 Å². The molecular formula is C12H11ClN2O. The Hall–Kier alpha value is -1.48. The Morgan fingerprint density at radius 3 is 3.12 bits per heavy atom. The first-order valence-corrected chi connectivity index (χ1v) is 5.64. The van der Waals surface area contributed by atoms with E-state index in [1.54, 1.807) is 6.26 Å². The van der Waals surface area contributed by atoms with E-state index in [4.69, 9.17) is 16.0 Å². The molecular weight excluding hydrogens is 224 g/mol. The predicted molar refractivity (Wildman–Crippen MR) is 65.2 cm³/mol. The van der Waals surface area contributed by atoms with Crippen molar-refractivity contribution in [2.45, 2.75) is 6.42 Å². The lowest BCUT2D eigenvalue weighted by atomic mass is 10.1. The van der Waals surface area contributed by atoms with Gasteiger partial charge in [-0.3, -0.25) is 4.99 Å². The van der Waals surface area contributed by atoms with Crippen LogP contribution in [0.4, 0.5) is 0 Å². The summed E-state index contributed by atoms with van der Waals surface area (Å²) in [6, 6.07) is 5.84. The second kappa shape index (κ2) is 3.83. The van der Waals surface area contributed by atoms with Crippen molar-refractivity contribution in [1.29, 1.82) is 0 Å². The maximum Gasteiger partial charge on any atom is 0.135 e. The van der Waals surface area contributed by atoms with Gasteiger partial charge in [0, 0.05) is 18.4 Å². The smallest absolute Gasteiger partial charge is 0.135 e. The predicted octanol–water partition coefficient (Wildman–Crippen LogP) is 2.63. The number of hydrogen-bond donors (Lipinski definition) is 1. The van der Waals surface area contributed by atoms with Gasteiger partial charge in [0.15, 0.2) is 0 Å². The maximum atomic E-state index is 6.32. The van der Waals surface area contributed by atoms with Gasteiger partial charge in [0.2, 0.25) is 0 Å². The highest BCUT2D eigenvalue weighted by Gasteiger charge is 2.11. The number of nitrogens with zero attached hydrogens (tertiary/aromatic N) is 1. The van der Waals surface area contributed by atoms with Crippen LogP contribution in [0.15, 0.2) is 33.9 Å². The first kappa shape index (κ1) is 9.73. The van der Waals surface area contributed by atoms with Gasteiger partial charge < -0.3 is 9.73 Å². The van der Waals surface area contributed by atoms with E-state index in [2.05, 4.69) is 10.3 Å². The summed E-state index contributed by atoms with van der Waals surface area (Å²) in [6.07, 6.45) is 2.42. The van der Waals surface area contributed by atoms with Crippen LogP contribution in [0.5, 0.6) is 0 Å². The molecule has 0 unspecified atom stereocenters. The molecule has 3 rings (SSSR count). The molecule has 0 aliphatic carbocycles. The van der Waals surface area contributed by atoms with E-state index in [1.807, 2.05) is 18.2 Å². The van der Waals surface area contributed by atoms with Crippen LogP contribution >= 0.6 is 11.6 Å². The Kier molecular flexibility index (Phi) is 2.33. The number of hydrogen-bond acceptors (Lipinski definition) is 3. The summed E-state index contributed by atoms with van der Waals surface area (Å²) in [5.41, 5.74) is 1.92. The Bertz CT molecular complexity index is 559. The fraction of sp³-hybridized carbons (Fsp3) is 0.250. The summed E-state index contributed by atoms with van der Waals surface area (Å²) < 4.78 is 5.29. The summed E-state index contributed by atoms with van der Waals surface area (Å²) in [7, 11) is 0. The zero-order valence-corrected chi connectivity index (χ0v) is 9.42. The Morgan fingerprint density at radius 2 is 2.31 bits per heavy atom. The van der Waals surface area contributed by atoms with Gasteiger partial charge in [0.25, 0.3) is 0 Å². The molecule has 1 aliphatic rings. The number of aliphatic imine (C=N–C) groups is 1. The van der Waals surface area contributed by atoms with E-state index >= 15 is 0 Å². The van der Waals surface area contributed by atoms with E-state index in [0.717, 1.165) is 46.9 Å². The molecule has 2 aromatic rings. The molecule has 16 heavy (non-hydrogen) atoms. The number of rotatable bonds is 2. The minimum Gasteiger partial charge on any atom is -0.464 e. The molecule has 0 fully saturated rings. The van der Waals surface area contributed by atoms with E-state index in [9.17, 15) is 0 Å². The molecule has 0 bridgehead atoms. The summed E-state index contributed by atoms with van der Waals surface area (Å²) in [6.45, 7) is 1.79. The van der Waals surface area contributed by atoms with Crippen molar-refractivity contribution in [1.82, 2.24) is 5.32 Å². The largest absolute Gasteiger partial charge is 0.464 e. The van der Waals surface area contributed by atoms with Gasteiger partial charge in [-0.25, -0.2) is 0 Å². The second-order valence-electron chi connectivity index (χ2n) is 3.80. The van der Waals surface area contributed by atoms with Crippen LogP contribution in [0.1, 0.15) is 5.56 Å². The summed E-state index contributed by atoms with van der Waals surface area (Å²) in [5.74, 6) is 1.02. The fourth-order valence-corrected chi connectivity index (χ4v) is 2.22. The average Bonchev–Trinajstić information content (AvgIpc) is 2.93. The first-order valence-electron chi connectivity index (χ1n) is 5.26. The van der Waals surface area contributed by atoms with Crippen LogP contribution in [-0.2, 0) is 6.42 Å². The number of halogens is 1. The monoisotopic (exact) mass is 234 g/mol. The number of nitrogens with one attached hydrogen (secondary N) is 1. The number of benzene rings is 1. The summed E-state index contributed by atoms with van der Waals surface area (Å²) in [5, 5.41) is 4.98. The van der Waals surface area contributed by atoms with Gasteiger partial charge >= 0.3 is 0 Å². The second-order valence-corrected chi connectivity index (χ2v) is 4.18. The molecule has 0 radical (unpaired) electrons. The normalized spacial score (nSPS) is 15.2. The van der Waals surface area contributed by atoms with Gasteiger partial charge in [-0.05, 0) is 17.7 Å². The molecule has 0 amide bonds. The minimum atomic E-state index is 0.764. The van der Waals surface area contributed by atoms with Crippen LogP contribution in [0.25, 0.3) is 11.0 Å². The summed E-state index contributed by atoms with van der Waals surface area (Å²) in [4.78, 5) is 4.36. The van der Waals surface area contributed by atoms with Gasteiger partial charge in [0.05, 0.1) is 17.8 Å². The molecule has 0 atom stereocenters. The van der Waals surface area contributed by atoms with Gasteiger partial charge in [-0.2, -0.15) is 0 Å². The molecule has 0 saturated carbocycles. The third-order valence-corrected chi connectivity index (χ3v) is 3.20. The third kappa shape index (κ3) is 1.57. The zero-order valence-electron chi connectivity index (χ0n) is 8.66. The quantitative estimate of drug-likeness (QED) is 0.868. The lowest BCUT2D eigenvalue weighted by molar-refractivity contribution is 0.616. The van der Waals surface area contributed by atoms with Crippen LogP contribution in [0.2, 0.25) is 5.02 Å². The molecule has 1 aromatic heterocycles. The standard InChI is InChI=1S/C12H11ClN2O/c13-12-8(7-11-14-4-5-15-11)1-2-10-9(12)3-6-16-10/h1-3,6H,4-5,7H2,(H,14,15). The highest BCUT2D eigenvalue weighted by Crippen LogP contribution is 2.28. The Morgan fingerprint density at radius 1 is 1.38 bits per heavy atom. The van der Waals surface area contributed by atoms with Gasteiger partial charge in [-0.15, -0.1) is 0 Å². The average molecular weight is 235 g/mol. The summed E-state index contributed by atoms with van der Waals surface area (Å²) >= 11 is 6.32. The van der Waals surface area contributed by atoms with E-state index in [-0.39, 0.29) is 0 Å². The highest BCUT2D eigenvalue weighted by atomic mass is 35.5. The molecule has 0 spiro atoms. The van der Waals surface area contributed by atoms with Crippen molar-refractivity contribution in [3.05, 3.63) is 35.0 Å². The van der Waals surface area contributed by atoms with Crippen molar-refractivity contribution >= 4 is 28.4 Å². The van der Waals surface area contributed by atoms with E-state index in [1.165, 1.54) is 0 Å². The third-order valence-electron chi connectivity index (χ3n) is 2.75. The molecule has 1 aliphatic heterocycles. The van der Waals surface area contributed by atoms with E-state index < -0.39 is 0 Å². The SMILES string of the molecule is Clc1c(CC2=NCCN2)ccc2occc12. The molecule has 1 aromatic carbocycles. The first-order chi connectivity index (χ1) is 7.84. The van der Waals surface area contributed by atoms with Crippen LogP contribution in [0.3, 0.4) is 0 Å². The Labute approximate surface area is 98.1 Å². The number of amidine groups is 1. The molecule has 0 saturated heterocycles. The van der Waals surface area contributed by atoms with E-state index in [0.29, 0.717) is 0 Å². The zero-order chi connectivity index (χ0) is 11.0. The van der Waals surface area contributed by atoms with Crippen LogP contribution < -0.4 is 5.32 Å². The van der Waals surface area contributed by atoms with Crippen LogP contribution in [0, 0.1) is 0 Å². The fourth-order valence-electron chi connectivity index (χ4n) is 1.94. The van der Waals surface area contributed by atoms with Crippen molar-refractivity contribution in [2.75, 3.05) is 13.1 Å². The Balaban J connectivity index is 1.99. The topological polar surface area (TPSA) is 37.5 Å². The lowest BCUT2D eigenvalue weighted by Gasteiger charge is -2.05. The molecule has 3 nitrogen and oxygen atoms in total. The lowest BCUT2D eigenvalue weighted by Crippen LogP contribution is -2.20. The van der Waals surface area contributed by atoms with Crippen molar-refractivity contribution < 1.29 is 4.42 Å². The molecule has 82 valence electrons. The number of furan rings is 1. The van der Waals surface area contributed by atoms with Crippen molar-refractivity contribution in [2.24, 2.45) is 4.99 Å². The number of fused-ring (bicyclic) bond motifs is 1. The van der Waals surface area contributed by atoms with Crippen molar-refractivity contribution in [3.8, 4) is 0 Å². The highest BCUT2D eigenvalue weighted by molar-refractivity contribution is 6.36. The molecule has 2 heterocycles.